The third-order valence-electron chi connectivity index (χ3n) is 5.81. The molecule has 1 saturated heterocycles. The minimum absolute atomic E-state index is 0.253. The highest BCUT2D eigenvalue weighted by Crippen LogP contribution is 2.50. The lowest BCUT2D eigenvalue weighted by molar-refractivity contribution is -0.157. The SMILES string of the molecule is C=C(C(CC=C(C)C)OC(=O)C(C)=CC)C1CC2OC2(C)C(=O)C1OC(=O)C=C(C)C. The third-order valence-corrected chi connectivity index (χ3v) is 5.81. The maximum Gasteiger partial charge on any atom is 0.333 e. The Bertz CT molecular complexity index is 853. The number of epoxide rings is 1. The normalized spacial score (nSPS) is 28.0. The molecule has 31 heavy (non-hydrogen) atoms. The van der Waals surface area contributed by atoms with E-state index in [4.69, 9.17) is 14.2 Å². The van der Waals surface area contributed by atoms with E-state index in [0.717, 1.165) is 11.1 Å². The molecular weight excluding hydrogens is 396 g/mol. The fraction of sp³-hybridized carbons (Fsp3) is 0.560. The van der Waals surface area contributed by atoms with Crippen molar-refractivity contribution < 1.29 is 28.6 Å². The molecule has 0 amide bonds. The number of esters is 2. The van der Waals surface area contributed by atoms with Crippen LogP contribution in [0, 0.1) is 5.92 Å². The Kier molecular flexibility index (Phi) is 7.82. The summed E-state index contributed by atoms with van der Waals surface area (Å²) in [6, 6.07) is 0. The van der Waals surface area contributed by atoms with Crippen LogP contribution in [-0.4, -0.2) is 41.6 Å². The second-order valence-electron chi connectivity index (χ2n) is 8.96. The highest BCUT2D eigenvalue weighted by atomic mass is 16.6. The van der Waals surface area contributed by atoms with E-state index in [9.17, 15) is 14.4 Å². The van der Waals surface area contributed by atoms with Crippen LogP contribution in [0.2, 0.25) is 0 Å². The number of ether oxygens (including phenoxy) is 3. The van der Waals surface area contributed by atoms with Gasteiger partial charge in [0.1, 0.15) is 6.10 Å². The summed E-state index contributed by atoms with van der Waals surface area (Å²) >= 11 is 0. The van der Waals surface area contributed by atoms with E-state index in [1.165, 1.54) is 6.08 Å². The lowest BCUT2D eigenvalue weighted by atomic mass is 9.74. The van der Waals surface area contributed by atoms with E-state index in [0.29, 0.717) is 24.0 Å². The van der Waals surface area contributed by atoms with Crippen molar-refractivity contribution in [2.45, 2.75) is 85.2 Å². The first-order valence-corrected chi connectivity index (χ1v) is 10.6. The van der Waals surface area contributed by atoms with E-state index in [-0.39, 0.29) is 11.9 Å². The number of rotatable bonds is 8. The second kappa shape index (κ2) is 9.77. The molecule has 0 N–H and O–H groups in total. The van der Waals surface area contributed by atoms with Crippen molar-refractivity contribution in [3.8, 4) is 0 Å². The maximum atomic E-state index is 13.1. The molecule has 2 aliphatic rings. The molecule has 0 aromatic heterocycles. The summed E-state index contributed by atoms with van der Waals surface area (Å²) in [6.45, 7) is 16.8. The Balaban J connectivity index is 2.33. The van der Waals surface area contributed by atoms with Crippen LogP contribution in [0.4, 0.5) is 0 Å². The predicted octanol–water partition coefficient (Wildman–Crippen LogP) is 4.40. The van der Waals surface area contributed by atoms with Crippen LogP contribution >= 0.6 is 0 Å². The van der Waals surface area contributed by atoms with E-state index >= 15 is 0 Å². The van der Waals surface area contributed by atoms with Gasteiger partial charge in [-0.1, -0.05) is 29.9 Å². The standard InChI is InChI=1S/C25H34O6/c1-9-16(6)24(28)29-19(11-10-14(2)3)17(7)18-13-20-25(8,31-20)23(27)22(18)30-21(26)12-15(4)5/h9-10,12,18-20,22H,7,11,13H2,1-6,8H3. The molecule has 1 heterocycles. The van der Waals surface area contributed by atoms with Gasteiger partial charge < -0.3 is 14.2 Å². The van der Waals surface area contributed by atoms with E-state index in [1.807, 2.05) is 19.9 Å². The van der Waals surface area contributed by atoms with Crippen molar-refractivity contribution in [3.63, 3.8) is 0 Å². The van der Waals surface area contributed by atoms with Crippen molar-refractivity contribution in [2.24, 2.45) is 5.92 Å². The van der Waals surface area contributed by atoms with Crippen molar-refractivity contribution in [1.29, 1.82) is 0 Å². The Morgan fingerprint density at radius 2 is 1.87 bits per heavy atom. The molecule has 0 aromatic rings. The number of ketones is 1. The van der Waals surface area contributed by atoms with Crippen molar-refractivity contribution in [1.82, 2.24) is 0 Å². The molecule has 0 spiro atoms. The Morgan fingerprint density at radius 3 is 2.42 bits per heavy atom. The van der Waals surface area contributed by atoms with Crippen LogP contribution in [0.1, 0.15) is 61.3 Å². The summed E-state index contributed by atoms with van der Waals surface area (Å²) in [4.78, 5) is 37.9. The minimum atomic E-state index is -1.03. The second-order valence-corrected chi connectivity index (χ2v) is 8.96. The van der Waals surface area contributed by atoms with Crippen LogP contribution in [0.3, 0.4) is 0 Å². The lowest BCUT2D eigenvalue weighted by Gasteiger charge is -2.34. The highest BCUT2D eigenvalue weighted by Gasteiger charge is 2.66. The molecule has 5 atom stereocenters. The average Bonchev–Trinajstić information content (AvgIpc) is 3.36. The van der Waals surface area contributed by atoms with Gasteiger partial charge in [0.15, 0.2) is 11.7 Å². The van der Waals surface area contributed by atoms with Gasteiger partial charge in [-0.15, -0.1) is 0 Å². The highest BCUT2D eigenvalue weighted by molar-refractivity contribution is 5.97. The fourth-order valence-electron chi connectivity index (χ4n) is 3.64. The Labute approximate surface area is 185 Å². The number of allylic oxidation sites excluding steroid dienone is 3. The zero-order chi connectivity index (χ0) is 23.5. The van der Waals surface area contributed by atoms with Gasteiger partial charge in [0, 0.05) is 24.0 Å². The summed E-state index contributed by atoms with van der Waals surface area (Å²) in [6.07, 6.45) is 3.95. The van der Waals surface area contributed by atoms with E-state index in [2.05, 4.69) is 6.58 Å². The molecule has 170 valence electrons. The Morgan fingerprint density at radius 1 is 1.23 bits per heavy atom. The molecule has 1 aliphatic carbocycles. The van der Waals surface area contributed by atoms with Gasteiger partial charge >= 0.3 is 11.9 Å². The first kappa shape index (κ1) is 24.8. The molecular formula is C25H34O6. The number of carbonyl (C=O) groups is 3. The van der Waals surface area contributed by atoms with Crippen LogP contribution in [0.25, 0.3) is 0 Å². The van der Waals surface area contributed by atoms with E-state index in [1.54, 1.807) is 40.7 Å². The zero-order valence-electron chi connectivity index (χ0n) is 19.6. The topological polar surface area (TPSA) is 82.2 Å². The van der Waals surface area contributed by atoms with Crippen LogP contribution in [0.15, 0.2) is 47.1 Å². The summed E-state index contributed by atoms with van der Waals surface area (Å²) in [5, 5.41) is 0. The zero-order valence-corrected chi connectivity index (χ0v) is 19.6. The summed E-state index contributed by atoms with van der Waals surface area (Å²) in [5.74, 6) is -1.80. The summed E-state index contributed by atoms with van der Waals surface area (Å²) < 4.78 is 17.0. The summed E-state index contributed by atoms with van der Waals surface area (Å²) in [5.41, 5.74) is 1.95. The molecule has 0 aromatic carbocycles. The maximum absolute atomic E-state index is 13.1. The van der Waals surface area contributed by atoms with Crippen molar-refractivity contribution in [3.05, 3.63) is 47.1 Å². The molecule has 1 saturated carbocycles. The number of carbonyl (C=O) groups excluding carboxylic acids is 3. The molecule has 0 radical (unpaired) electrons. The van der Waals surface area contributed by atoms with Gasteiger partial charge in [-0.05, 0) is 60.5 Å². The third kappa shape index (κ3) is 5.82. The fourth-order valence-corrected chi connectivity index (χ4v) is 3.64. The molecule has 5 unspecified atom stereocenters. The predicted molar refractivity (Wildman–Crippen MR) is 118 cm³/mol. The molecule has 2 rings (SSSR count). The number of hydrogen-bond acceptors (Lipinski definition) is 6. The van der Waals surface area contributed by atoms with Gasteiger partial charge in [0.2, 0.25) is 5.78 Å². The molecule has 1 aliphatic heterocycles. The molecule has 6 heteroatoms. The number of hydrogen-bond donors (Lipinski definition) is 0. The number of fused-ring (bicyclic) bond motifs is 1. The van der Waals surface area contributed by atoms with Crippen molar-refractivity contribution in [2.75, 3.05) is 0 Å². The van der Waals surface area contributed by atoms with Gasteiger partial charge in [-0.2, -0.15) is 0 Å². The first-order chi connectivity index (χ1) is 14.4. The van der Waals surface area contributed by atoms with Gasteiger partial charge in [0.25, 0.3) is 0 Å². The average molecular weight is 431 g/mol. The Hall–Kier alpha value is -2.47. The lowest BCUT2D eigenvalue weighted by Crippen LogP contribution is -2.48. The molecule has 6 nitrogen and oxygen atoms in total. The van der Waals surface area contributed by atoms with Gasteiger partial charge in [-0.3, -0.25) is 4.79 Å². The quantitative estimate of drug-likeness (QED) is 0.246. The monoisotopic (exact) mass is 430 g/mol. The van der Waals surface area contributed by atoms with Crippen LogP contribution in [-0.2, 0) is 28.6 Å². The van der Waals surface area contributed by atoms with Crippen molar-refractivity contribution >= 4 is 17.7 Å². The van der Waals surface area contributed by atoms with Gasteiger partial charge in [0.05, 0.1) is 6.10 Å². The first-order valence-electron chi connectivity index (χ1n) is 10.6. The van der Waals surface area contributed by atoms with Crippen LogP contribution < -0.4 is 0 Å². The molecule has 0 bridgehead atoms. The summed E-state index contributed by atoms with van der Waals surface area (Å²) in [7, 11) is 0. The molecule has 2 fully saturated rings. The smallest absolute Gasteiger partial charge is 0.333 e. The largest absolute Gasteiger partial charge is 0.454 e. The van der Waals surface area contributed by atoms with Gasteiger partial charge in [-0.25, -0.2) is 9.59 Å². The number of Topliss-reactive ketones (excluding diaryl/α,β-unsaturated/α-hetero) is 1. The minimum Gasteiger partial charge on any atom is -0.454 e. The van der Waals surface area contributed by atoms with E-state index < -0.39 is 35.7 Å². The van der Waals surface area contributed by atoms with Crippen LogP contribution in [0.5, 0.6) is 0 Å².